The molecule has 2 heterocycles. The van der Waals surface area contributed by atoms with Gasteiger partial charge in [-0.1, -0.05) is 48.0 Å². The van der Waals surface area contributed by atoms with E-state index in [1.54, 1.807) is 0 Å². The molecule has 3 aromatic rings. The minimum atomic E-state index is 0.476. The van der Waals surface area contributed by atoms with E-state index >= 15 is 0 Å². The lowest BCUT2D eigenvalue weighted by Crippen LogP contribution is -2.34. The van der Waals surface area contributed by atoms with E-state index < -0.39 is 0 Å². The molecule has 0 aliphatic carbocycles. The third-order valence-corrected chi connectivity index (χ3v) is 5.38. The standard InChI is InChI=1S/C22H26N4O/c1-16-9-11-17(12-10-16)19-13-26(14-20(19)25(2)3)15-21-23-24-22(27-21)18-7-5-4-6-8-18/h4-12,19-20H,13-15H2,1-3H3/t19-,20+/m0/s1. The van der Waals surface area contributed by atoms with Gasteiger partial charge in [-0.2, -0.15) is 0 Å². The van der Waals surface area contributed by atoms with Gasteiger partial charge in [0.25, 0.3) is 0 Å². The van der Waals surface area contributed by atoms with Crippen LogP contribution >= 0.6 is 0 Å². The van der Waals surface area contributed by atoms with E-state index in [0.29, 0.717) is 30.3 Å². The summed E-state index contributed by atoms with van der Waals surface area (Å²) in [5, 5.41) is 8.48. The van der Waals surface area contributed by atoms with Gasteiger partial charge >= 0.3 is 0 Å². The molecule has 0 saturated carbocycles. The van der Waals surface area contributed by atoms with Crippen LogP contribution in [0.3, 0.4) is 0 Å². The fourth-order valence-corrected chi connectivity index (χ4v) is 3.87. The van der Waals surface area contributed by atoms with Crippen LogP contribution in [0.4, 0.5) is 0 Å². The molecule has 0 N–H and O–H groups in total. The Labute approximate surface area is 160 Å². The van der Waals surface area contributed by atoms with Gasteiger partial charge in [0, 0.05) is 30.6 Å². The van der Waals surface area contributed by atoms with Crippen LogP contribution < -0.4 is 0 Å². The van der Waals surface area contributed by atoms with Crippen molar-refractivity contribution in [1.29, 1.82) is 0 Å². The normalized spacial score (nSPS) is 20.4. The van der Waals surface area contributed by atoms with Crippen LogP contribution in [-0.2, 0) is 6.54 Å². The SMILES string of the molecule is Cc1ccc([C@@H]2CN(Cc3nnc(-c4ccccc4)o3)C[C@H]2N(C)C)cc1. The van der Waals surface area contributed by atoms with Gasteiger partial charge < -0.3 is 9.32 Å². The van der Waals surface area contributed by atoms with Gasteiger partial charge in [-0.15, -0.1) is 10.2 Å². The van der Waals surface area contributed by atoms with Crippen LogP contribution in [0.1, 0.15) is 22.9 Å². The molecular formula is C22H26N4O. The van der Waals surface area contributed by atoms with Crippen LogP contribution in [0.5, 0.6) is 0 Å². The number of aromatic nitrogens is 2. The predicted octanol–water partition coefficient (Wildman–Crippen LogP) is 3.57. The number of rotatable bonds is 5. The lowest BCUT2D eigenvalue weighted by atomic mass is 9.93. The third-order valence-electron chi connectivity index (χ3n) is 5.38. The van der Waals surface area contributed by atoms with E-state index in [1.807, 2.05) is 30.3 Å². The summed E-state index contributed by atoms with van der Waals surface area (Å²) in [6, 6.07) is 19.3. The van der Waals surface area contributed by atoms with E-state index in [1.165, 1.54) is 11.1 Å². The Morgan fingerprint density at radius 1 is 1.00 bits per heavy atom. The Balaban J connectivity index is 1.48. The first-order chi connectivity index (χ1) is 13.1. The van der Waals surface area contributed by atoms with Crippen molar-refractivity contribution in [3.8, 4) is 11.5 Å². The van der Waals surface area contributed by atoms with Crippen molar-refractivity contribution in [2.24, 2.45) is 0 Å². The third kappa shape index (κ3) is 3.94. The van der Waals surface area contributed by atoms with Gasteiger partial charge in [0.2, 0.25) is 11.8 Å². The van der Waals surface area contributed by atoms with Crippen LogP contribution in [-0.4, -0.2) is 53.2 Å². The maximum atomic E-state index is 5.91. The molecule has 1 aliphatic rings. The van der Waals surface area contributed by atoms with E-state index in [2.05, 4.69) is 65.3 Å². The number of likely N-dealkylation sites (tertiary alicyclic amines) is 1. The average Bonchev–Trinajstić information content (AvgIpc) is 3.31. The Morgan fingerprint density at radius 3 is 2.44 bits per heavy atom. The molecule has 5 nitrogen and oxygen atoms in total. The zero-order valence-corrected chi connectivity index (χ0v) is 16.2. The summed E-state index contributed by atoms with van der Waals surface area (Å²) < 4.78 is 5.91. The summed E-state index contributed by atoms with van der Waals surface area (Å²) in [5.74, 6) is 1.75. The number of hydrogen-bond acceptors (Lipinski definition) is 5. The number of hydrogen-bond donors (Lipinski definition) is 0. The number of likely N-dealkylation sites (N-methyl/N-ethyl adjacent to an activating group) is 1. The highest BCUT2D eigenvalue weighted by Gasteiger charge is 2.35. The maximum absolute atomic E-state index is 5.91. The lowest BCUT2D eigenvalue weighted by molar-refractivity contribution is 0.247. The van der Waals surface area contributed by atoms with Crippen LogP contribution in [0.15, 0.2) is 59.0 Å². The summed E-state index contributed by atoms with van der Waals surface area (Å²) in [6.45, 7) is 4.81. The topological polar surface area (TPSA) is 45.4 Å². The van der Waals surface area contributed by atoms with Crippen LogP contribution in [0.2, 0.25) is 0 Å². The fraction of sp³-hybridized carbons (Fsp3) is 0.364. The largest absolute Gasteiger partial charge is 0.419 e. The molecule has 0 amide bonds. The van der Waals surface area contributed by atoms with Gasteiger partial charge in [-0.25, -0.2) is 0 Å². The molecule has 140 valence electrons. The average molecular weight is 362 g/mol. The molecule has 5 heteroatoms. The molecule has 0 spiro atoms. The molecule has 1 saturated heterocycles. The fourth-order valence-electron chi connectivity index (χ4n) is 3.87. The van der Waals surface area contributed by atoms with Crippen molar-refractivity contribution < 1.29 is 4.42 Å². The van der Waals surface area contributed by atoms with Crippen molar-refractivity contribution in [3.05, 3.63) is 71.6 Å². The van der Waals surface area contributed by atoms with Gasteiger partial charge in [0.15, 0.2) is 0 Å². The first kappa shape index (κ1) is 17.9. The first-order valence-corrected chi connectivity index (χ1v) is 9.43. The highest BCUT2D eigenvalue weighted by atomic mass is 16.4. The van der Waals surface area contributed by atoms with Crippen molar-refractivity contribution in [1.82, 2.24) is 20.0 Å². The van der Waals surface area contributed by atoms with Crippen molar-refractivity contribution in [2.45, 2.75) is 25.4 Å². The molecule has 1 aliphatic heterocycles. The second-order valence-corrected chi connectivity index (χ2v) is 7.61. The quantitative estimate of drug-likeness (QED) is 0.694. The predicted molar refractivity (Wildman–Crippen MR) is 106 cm³/mol. The van der Waals surface area contributed by atoms with E-state index in [4.69, 9.17) is 4.42 Å². The van der Waals surface area contributed by atoms with Crippen molar-refractivity contribution in [3.63, 3.8) is 0 Å². The maximum Gasteiger partial charge on any atom is 0.247 e. The zero-order chi connectivity index (χ0) is 18.8. The summed E-state index contributed by atoms with van der Waals surface area (Å²) in [6.07, 6.45) is 0. The summed E-state index contributed by atoms with van der Waals surface area (Å²) in [7, 11) is 4.32. The van der Waals surface area contributed by atoms with Crippen LogP contribution in [0.25, 0.3) is 11.5 Å². The molecule has 4 rings (SSSR count). The summed E-state index contributed by atoms with van der Waals surface area (Å²) in [5.41, 5.74) is 3.66. The minimum Gasteiger partial charge on any atom is -0.419 e. The molecular weight excluding hydrogens is 336 g/mol. The molecule has 27 heavy (non-hydrogen) atoms. The van der Waals surface area contributed by atoms with E-state index in [0.717, 1.165) is 18.7 Å². The second kappa shape index (κ2) is 7.62. The Hall–Kier alpha value is -2.50. The highest BCUT2D eigenvalue weighted by molar-refractivity contribution is 5.51. The molecule has 1 fully saturated rings. The lowest BCUT2D eigenvalue weighted by Gasteiger charge is -2.25. The summed E-state index contributed by atoms with van der Waals surface area (Å²) in [4.78, 5) is 4.74. The molecule has 0 unspecified atom stereocenters. The smallest absolute Gasteiger partial charge is 0.247 e. The monoisotopic (exact) mass is 362 g/mol. The number of nitrogens with zero attached hydrogens (tertiary/aromatic N) is 4. The van der Waals surface area contributed by atoms with Gasteiger partial charge in [-0.05, 0) is 38.7 Å². The molecule has 1 aromatic heterocycles. The summed E-state index contributed by atoms with van der Waals surface area (Å²) >= 11 is 0. The minimum absolute atomic E-state index is 0.476. The first-order valence-electron chi connectivity index (χ1n) is 9.43. The number of aryl methyl sites for hydroxylation is 1. The Bertz CT molecular complexity index is 873. The van der Waals surface area contributed by atoms with Gasteiger partial charge in [0.05, 0.1) is 6.54 Å². The van der Waals surface area contributed by atoms with Gasteiger partial charge in [-0.3, -0.25) is 4.90 Å². The Morgan fingerprint density at radius 2 is 1.74 bits per heavy atom. The van der Waals surface area contributed by atoms with E-state index in [9.17, 15) is 0 Å². The molecule has 2 aromatic carbocycles. The highest BCUT2D eigenvalue weighted by Crippen LogP contribution is 2.31. The van der Waals surface area contributed by atoms with Crippen molar-refractivity contribution in [2.75, 3.05) is 27.2 Å². The Kier molecular flexibility index (Phi) is 5.05. The van der Waals surface area contributed by atoms with Gasteiger partial charge in [0.1, 0.15) is 0 Å². The number of benzene rings is 2. The van der Waals surface area contributed by atoms with Crippen molar-refractivity contribution >= 4 is 0 Å². The molecule has 2 atom stereocenters. The zero-order valence-electron chi connectivity index (χ0n) is 16.2. The van der Waals surface area contributed by atoms with E-state index in [-0.39, 0.29) is 0 Å². The molecule has 0 bridgehead atoms. The molecule has 0 radical (unpaired) electrons. The second-order valence-electron chi connectivity index (χ2n) is 7.61. The van der Waals surface area contributed by atoms with Crippen LogP contribution in [0, 0.1) is 6.92 Å².